The number of anilines is 2. The summed E-state index contributed by atoms with van der Waals surface area (Å²) in [5, 5.41) is 7.65. The molecule has 4 rings (SSSR count). The molecule has 0 radical (unpaired) electrons. The molecule has 2 N–H and O–H groups in total. The predicted octanol–water partition coefficient (Wildman–Crippen LogP) is 9.35. The van der Waals surface area contributed by atoms with Crippen molar-refractivity contribution in [3.8, 4) is 0 Å². The Bertz CT molecular complexity index is 1600. The number of aromatic nitrogens is 2. The van der Waals surface area contributed by atoms with Crippen LogP contribution in [-0.4, -0.2) is 18.7 Å². The van der Waals surface area contributed by atoms with E-state index < -0.39 is 22.2 Å². The standard InChI is InChI=1S/2C17H24N2O3S.2CH4/c1-9-10(2)12(4)16(13(5)11(9)3)8-23(20)22-19-17-14(6)15(7)21-18-17;1-9-10(2)12(4)16(13(5)11(9)3)8-23(20)22-19-17-14(6)15(7)18-21-17;;/h8H2,1-7H3,(H,18,19);19H,8H2,1-7H3;2*1H4. The van der Waals surface area contributed by atoms with E-state index in [1.807, 2.05) is 27.7 Å². The van der Waals surface area contributed by atoms with E-state index in [0.29, 0.717) is 29.0 Å². The van der Waals surface area contributed by atoms with Crippen molar-refractivity contribution in [2.75, 3.05) is 11.0 Å². The smallest absolute Gasteiger partial charge is 0.252 e. The minimum absolute atomic E-state index is 0. The average molecular weight is 705 g/mol. The SMILES string of the molecule is C.C.Cc1noc(NOS(=O)Cc2c(C)c(C)c(C)c(C)c2C)c1C.Cc1onc(NOS(=O)Cc2c(C)c(C)c(C)c(C)c2C)c1C. The summed E-state index contributed by atoms with van der Waals surface area (Å²) in [5.74, 6) is 2.22. The van der Waals surface area contributed by atoms with Gasteiger partial charge in [0.2, 0.25) is 0 Å². The molecule has 4 aromatic rings. The van der Waals surface area contributed by atoms with Crippen LogP contribution in [0.3, 0.4) is 0 Å². The van der Waals surface area contributed by atoms with Gasteiger partial charge in [0.25, 0.3) is 5.88 Å². The zero-order chi connectivity index (χ0) is 34.6. The van der Waals surface area contributed by atoms with Gasteiger partial charge in [0.05, 0.1) is 17.2 Å². The molecule has 0 aliphatic heterocycles. The molecule has 2 heterocycles. The van der Waals surface area contributed by atoms with Gasteiger partial charge in [0, 0.05) is 11.1 Å². The molecule has 0 saturated heterocycles. The highest BCUT2D eigenvalue weighted by atomic mass is 32.2. The summed E-state index contributed by atoms with van der Waals surface area (Å²) in [5.41, 5.74) is 22.1. The Morgan fingerprint density at radius 2 is 0.875 bits per heavy atom. The van der Waals surface area contributed by atoms with Gasteiger partial charge in [0.1, 0.15) is 5.76 Å². The summed E-state index contributed by atoms with van der Waals surface area (Å²) in [7, 11) is 0. The second-order valence-electron chi connectivity index (χ2n) is 11.9. The van der Waals surface area contributed by atoms with Crippen LogP contribution in [0.1, 0.15) is 104 Å². The molecular formula is C36H56N4O6S2. The molecule has 0 saturated carbocycles. The number of aryl methyl sites for hydroxylation is 2. The average Bonchev–Trinajstić information content (AvgIpc) is 3.53. The highest BCUT2D eigenvalue weighted by molar-refractivity contribution is 7.79. The topological polar surface area (TPSA) is 129 Å². The molecule has 0 spiro atoms. The molecule has 2 aromatic heterocycles. The minimum atomic E-state index is -1.51. The van der Waals surface area contributed by atoms with E-state index >= 15 is 0 Å². The van der Waals surface area contributed by atoms with E-state index in [-0.39, 0.29) is 14.9 Å². The van der Waals surface area contributed by atoms with Crippen LogP contribution < -0.4 is 11.0 Å². The van der Waals surface area contributed by atoms with E-state index in [9.17, 15) is 8.42 Å². The molecule has 0 fully saturated rings. The van der Waals surface area contributed by atoms with Gasteiger partial charge in [-0.2, -0.15) is 8.57 Å². The lowest BCUT2D eigenvalue weighted by Crippen LogP contribution is -2.11. The third-order valence-electron chi connectivity index (χ3n) is 9.61. The van der Waals surface area contributed by atoms with Crippen molar-refractivity contribution in [1.29, 1.82) is 0 Å². The van der Waals surface area contributed by atoms with E-state index in [2.05, 4.69) is 90.5 Å². The Hall–Kier alpha value is -3.32. The van der Waals surface area contributed by atoms with Gasteiger partial charge in [0.15, 0.2) is 28.0 Å². The Morgan fingerprint density at radius 1 is 0.500 bits per heavy atom. The quantitative estimate of drug-likeness (QED) is 0.154. The van der Waals surface area contributed by atoms with Gasteiger partial charge >= 0.3 is 0 Å². The fourth-order valence-electron chi connectivity index (χ4n) is 5.08. The maximum Gasteiger partial charge on any atom is 0.252 e. The number of nitrogens with one attached hydrogen (secondary N) is 2. The molecule has 0 amide bonds. The molecule has 2 unspecified atom stereocenters. The molecule has 268 valence electrons. The minimum Gasteiger partial charge on any atom is -0.359 e. The first-order chi connectivity index (χ1) is 21.5. The van der Waals surface area contributed by atoms with Crippen molar-refractivity contribution in [2.45, 2.75) is 123 Å². The van der Waals surface area contributed by atoms with Crippen molar-refractivity contribution in [3.05, 3.63) is 89.3 Å². The summed E-state index contributed by atoms with van der Waals surface area (Å²) in [6.45, 7) is 28.3. The van der Waals surface area contributed by atoms with Crippen LogP contribution in [0, 0.1) is 96.9 Å². The Kier molecular flexibility index (Phi) is 15.9. The molecule has 2 atom stereocenters. The molecule has 10 nitrogen and oxygen atoms in total. The Balaban J connectivity index is 0.000000461. The van der Waals surface area contributed by atoms with Crippen LogP contribution in [-0.2, 0) is 42.2 Å². The van der Waals surface area contributed by atoms with Crippen molar-refractivity contribution < 1.29 is 26.0 Å². The van der Waals surface area contributed by atoms with Crippen molar-refractivity contribution in [2.24, 2.45) is 0 Å². The third-order valence-corrected chi connectivity index (χ3v) is 11.2. The highest BCUT2D eigenvalue weighted by Gasteiger charge is 2.18. The van der Waals surface area contributed by atoms with Crippen LogP contribution >= 0.6 is 0 Å². The van der Waals surface area contributed by atoms with E-state index in [1.54, 1.807) is 0 Å². The second-order valence-corrected chi connectivity index (χ2v) is 14.0. The molecule has 0 bridgehead atoms. The lowest BCUT2D eigenvalue weighted by atomic mass is 9.90. The maximum atomic E-state index is 12.3. The van der Waals surface area contributed by atoms with E-state index in [0.717, 1.165) is 27.9 Å². The van der Waals surface area contributed by atoms with Gasteiger partial charge in [-0.3, -0.25) is 0 Å². The number of hydrogen-bond donors (Lipinski definition) is 2. The van der Waals surface area contributed by atoms with Gasteiger partial charge in [-0.05, 0) is 164 Å². The predicted molar refractivity (Wildman–Crippen MR) is 199 cm³/mol. The van der Waals surface area contributed by atoms with E-state index in [1.165, 1.54) is 55.6 Å². The van der Waals surface area contributed by atoms with Gasteiger partial charge in [-0.25, -0.2) is 19.4 Å². The number of benzene rings is 2. The van der Waals surface area contributed by atoms with Gasteiger partial charge in [-0.1, -0.05) is 25.2 Å². The van der Waals surface area contributed by atoms with Gasteiger partial charge in [-0.15, -0.1) is 0 Å². The summed E-state index contributed by atoms with van der Waals surface area (Å²) < 4.78 is 45.2. The van der Waals surface area contributed by atoms with Crippen molar-refractivity contribution >= 4 is 33.9 Å². The first-order valence-corrected chi connectivity index (χ1v) is 17.6. The third kappa shape index (κ3) is 9.43. The van der Waals surface area contributed by atoms with Crippen molar-refractivity contribution in [3.63, 3.8) is 0 Å². The van der Waals surface area contributed by atoms with Gasteiger partial charge < -0.3 is 9.05 Å². The molecule has 2 aromatic carbocycles. The van der Waals surface area contributed by atoms with Crippen LogP contribution in [0.4, 0.5) is 11.7 Å². The number of nitrogens with zero attached hydrogens (tertiary/aromatic N) is 2. The zero-order valence-electron chi connectivity index (χ0n) is 29.6. The second kappa shape index (κ2) is 17.9. The van der Waals surface area contributed by atoms with Crippen LogP contribution in [0.2, 0.25) is 0 Å². The Labute approximate surface area is 293 Å². The Morgan fingerprint density at radius 3 is 1.21 bits per heavy atom. The fraction of sp³-hybridized carbons (Fsp3) is 0.500. The summed E-state index contributed by atoms with van der Waals surface area (Å²) in [6, 6.07) is 0. The van der Waals surface area contributed by atoms with Crippen LogP contribution in [0.25, 0.3) is 0 Å². The lowest BCUT2D eigenvalue weighted by molar-refractivity contribution is 0.366. The number of hydrogen-bond acceptors (Lipinski definition) is 10. The summed E-state index contributed by atoms with van der Waals surface area (Å²) >= 11 is -3.02. The lowest BCUT2D eigenvalue weighted by Gasteiger charge is -2.18. The molecule has 0 aliphatic rings. The van der Waals surface area contributed by atoms with Crippen LogP contribution in [0.15, 0.2) is 9.05 Å². The monoisotopic (exact) mass is 704 g/mol. The summed E-state index contributed by atoms with van der Waals surface area (Å²) in [6.07, 6.45) is 0. The van der Waals surface area contributed by atoms with Crippen LogP contribution in [0.5, 0.6) is 0 Å². The molecule has 12 heteroatoms. The number of rotatable bonds is 10. The molecular weight excluding hydrogens is 649 g/mol. The zero-order valence-corrected chi connectivity index (χ0v) is 31.2. The molecule has 48 heavy (non-hydrogen) atoms. The maximum absolute atomic E-state index is 12.3. The largest absolute Gasteiger partial charge is 0.359 e. The van der Waals surface area contributed by atoms with Crippen molar-refractivity contribution in [1.82, 2.24) is 10.3 Å². The summed E-state index contributed by atoms with van der Waals surface area (Å²) in [4.78, 5) is 0. The fourth-order valence-corrected chi connectivity index (χ4v) is 6.87. The van der Waals surface area contributed by atoms with E-state index in [4.69, 9.17) is 17.6 Å². The first-order valence-electron chi connectivity index (χ1n) is 15.1. The molecule has 0 aliphatic carbocycles. The highest BCUT2D eigenvalue weighted by Crippen LogP contribution is 2.29. The normalized spacial score (nSPS) is 12.0. The first kappa shape index (κ1) is 42.7.